The standard InChI is InChI=1S/C36H16B8/c37-29-25-23(19-8-2-1-3-9-19)26-28(32(40)36(44)34(42)30(26)38)24(27(25)31(39)35(43)33(29)41)20-15-13-18(14-16-20)22-12-6-10-17-7-4-5-11-21(17)22/h1-16H. The average molecular weight is 535 g/mol. The van der Waals surface area contributed by atoms with E-state index in [4.69, 9.17) is 62.8 Å². The van der Waals surface area contributed by atoms with Gasteiger partial charge in [-0.1, -0.05) is 119 Å². The zero-order valence-corrected chi connectivity index (χ0v) is 23.9. The Balaban J connectivity index is 1.66. The van der Waals surface area contributed by atoms with E-state index in [0.717, 1.165) is 33.0 Å². The molecule has 0 aliphatic rings. The number of benzene rings is 7. The van der Waals surface area contributed by atoms with E-state index in [0.29, 0.717) is 32.7 Å². The highest BCUT2D eigenvalue weighted by Gasteiger charge is 2.24. The first-order valence-corrected chi connectivity index (χ1v) is 14.1. The van der Waals surface area contributed by atoms with E-state index in [1.807, 2.05) is 54.6 Å². The summed E-state index contributed by atoms with van der Waals surface area (Å²) in [4.78, 5) is 0. The van der Waals surface area contributed by atoms with Crippen LogP contribution in [-0.4, -0.2) is 62.8 Å². The molecule has 0 saturated heterocycles. The Bertz CT molecular complexity index is 2210. The SMILES string of the molecule is [B]c1c([B])c([B])c2c(-c3ccc(-c4cccc5ccccc45)cc3)c3c([B])c([B])c([B])c([B])c3c(-c3ccccc3)c2c1[B]. The maximum atomic E-state index is 6.81. The lowest BCUT2D eigenvalue weighted by Crippen LogP contribution is -2.50. The van der Waals surface area contributed by atoms with Crippen molar-refractivity contribution in [2.75, 3.05) is 0 Å². The van der Waals surface area contributed by atoms with Crippen LogP contribution >= 0.6 is 0 Å². The molecule has 0 fully saturated rings. The summed E-state index contributed by atoms with van der Waals surface area (Å²) < 4.78 is 0. The Labute approximate surface area is 268 Å². The Morgan fingerprint density at radius 2 is 0.682 bits per heavy atom. The molecule has 0 aliphatic carbocycles. The molecule has 0 nitrogen and oxygen atoms in total. The lowest BCUT2D eigenvalue weighted by molar-refractivity contribution is 1.64. The summed E-state index contributed by atoms with van der Waals surface area (Å²) in [6.07, 6.45) is 0. The van der Waals surface area contributed by atoms with E-state index in [9.17, 15) is 0 Å². The van der Waals surface area contributed by atoms with Gasteiger partial charge in [-0.3, -0.25) is 0 Å². The average Bonchev–Trinajstić information content (AvgIpc) is 3.06. The molecule has 7 rings (SSSR count). The highest BCUT2D eigenvalue weighted by molar-refractivity contribution is 6.71. The molecule has 184 valence electrons. The second-order valence-electron chi connectivity index (χ2n) is 11.0. The lowest BCUT2D eigenvalue weighted by atomic mass is 9.59. The van der Waals surface area contributed by atoms with Crippen LogP contribution in [0.4, 0.5) is 0 Å². The Hall–Kier alpha value is -4.16. The highest BCUT2D eigenvalue weighted by Crippen LogP contribution is 2.41. The van der Waals surface area contributed by atoms with Crippen molar-refractivity contribution in [2.45, 2.75) is 0 Å². The number of hydrogen-bond donors (Lipinski definition) is 0. The van der Waals surface area contributed by atoms with Gasteiger partial charge in [-0.05, 0) is 65.7 Å². The largest absolute Gasteiger partial charge is 0.113 e. The Kier molecular flexibility index (Phi) is 7.00. The number of hydrogen-bond acceptors (Lipinski definition) is 0. The second-order valence-corrected chi connectivity index (χ2v) is 11.0. The van der Waals surface area contributed by atoms with Gasteiger partial charge in [-0.15, -0.1) is 21.9 Å². The molecule has 44 heavy (non-hydrogen) atoms. The van der Waals surface area contributed by atoms with Crippen LogP contribution in [0.3, 0.4) is 0 Å². The summed E-state index contributed by atoms with van der Waals surface area (Å²) in [6.45, 7) is 0. The van der Waals surface area contributed by atoms with Crippen molar-refractivity contribution < 1.29 is 0 Å². The van der Waals surface area contributed by atoms with Crippen molar-refractivity contribution in [1.82, 2.24) is 0 Å². The smallest absolute Gasteiger partial charge is 0.110 e. The molecule has 0 amide bonds. The van der Waals surface area contributed by atoms with E-state index in [1.54, 1.807) is 0 Å². The fourth-order valence-corrected chi connectivity index (χ4v) is 6.42. The van der Waals surface area contributed by atoms with Crippen molar-refractivity contribution >= 4 is 139 Å². The molecule has 0 aliphatic heterocycles. The third kappa shape index (κ3) is 4.18. The molecule has 16 radical (unpaired) electrons. The van der Waals surface area contributed by atoms with Gasteiger partial charge in [0.15, 0.2) is 0 Å². The van der Waals surface area contributed by atoms with Crippen molar-refractivity contribution in [3.63, 3.8) is 0 Å². The van der Waals surface area contributed by atoms with Crippen LogP contribution in [0, 0.1) is 0 Å². The van der Waals surface area contributed by atoms with Crippen molar-refractivity contribution in [3.05, 3.63) is 97.1 Å². The Morgan fingerprint density at radius 1 is 0.295 bits per heavy atom. The third-order valence-corrected chi connectivity index (χ3v) is 8.66. The second kappa shape index (κ2) is 10.8. The molecule has 0 aromatic heterocycles. The first-order valence-electron chi connectivity index (χ1n) is 14.1. The van der Waals surface area contributed by atoms with Gasteiger partial charge in [-0.25, -0.2) is 0 Å². The molecule has 7 aromatic carbocycles. The third-order valence-electron chi connectivity index (χ3n) is 8.66. The molecular weight excluding hydrogens is 519 g/mol. The monoisotopic (exact) mass is 536 g/mol. The molecule has 0 heterocycles. The van der Waals surface area contributed by atoms with Crippen LogP contribution in [0.5, 0.6) is 0 Å². The minimum Gasteiger partial charge on any atom is -0.110 e. The molecule has 0 atom stereocenters. The minimum absolute atomic E-state index is 0.192. The molecule has 0 N–H and O–H groups in total. The van der Waals surface area contributed by atoms with Gasteiger partial charge in [0.1, 0.15) is 62.8 Å². The van der Waals surface area contributed by atoms with Gasteiger partial charge >= 0.3 is 0 Å². The fourth-order valence-electron chi connectivity index (χ4n) is 6.42. The molecule has 0 spiro atoms. The van der Waals surface area contributed by atoms with Crippen LogP contribution in [0.2, 0.25) is 0 Å². The predicted molar refractivity (Wildman–Crippen MR) is 198 cm³/mol. The normalized spacial score (nSPS) is 11.5. The van der Waals surface area contributed by atoms with Crippen LogP contribution in [0.25, 0.3) is 65.7 Å². The van der Waals surface area contributed by atoms with Crippen LogP contribution in [0.15, 0.2) is 97.1 Å². The molecule has 0 unspecified atom stereocenters. The summed E-state index contributed by atoms with van der Waals surface area (Å²) in [5.74, 6) is 0. The predicted octanol–water partition coefficient (Wildman–Crippen LogP) is 0.498. The topological polar surface area (TPSA) is 0 Å². The summed E-state index contributed by atoms with van der Waals surface area (Å²) in [7, 11) is 53.0. The highest BCUT2D eigenvalue weighted by atomic mass is 14.2. The molecule has 0 bridgehead atoms. The summed E-state index contributed by atoms with van der Waals surface area (Å²) in [6, 6.07) is 32.4. The van der Waals surface area contributed by atoms with Gasteiger partial charge in [0, 0.05) is 0 Å². The summed E-state index contributed by atoms with van der Waals surface area (Å²) in [5, 5.41) is 4.75. The van der Waals surface area contributed by atoms with Crippen molar-refractivity contribution in [3.8, 4) is 33.4 Å². The fraction of sp³-hybridized carbons (Fsp3) is 0. The van der Waals surface area contributed by atoms with Gasteiger partial charge in [0.25, 0.3) is 0 Å². The summed E-state index contributed by atoms with van der Waals surface area (Å²) >= 11 is 0. The van der Waals surface area contributed by atoms with Gasteiger partial charge in [0.2, 0.25) is 0 Å². The van der Waals surface area contributed by atoms with E-state index < -0.39 is 0 Å². The number of rotatable bonds is 3. The zero-order chi connectivity index (χ0) is 30.9. The maximum Gasteiger partial charge on any atom is 0.113 e. The van der Waals surface area contributed by atoms with E-state index >= 15 is 0 Å². The number of fused-ring (bicyclic) bond motifs is 3. The zero-order valence-electron chi connectivity index (χ0n) is 23.9. The van der Waals surface area contributed by atoms with Gasteiger partial charge < -0.3 is 0 Å². The first-order chi connectivity index (χ1) is 21.2. The maximum absolute atomic E-state index is 6.81. The summed E-state index contributed by atoms with van der Waals surface area (Å²) in [5.41, 5.74) is 7.09. The van der Waals surface area contributed by atoms with Crippen LogP contribution < -0.4 is 43.7 Å². The molecule has 0 saturated carbocycles. The quantitative estimate of drug-likeness (QED) is 0.229. The van der Waals surface area contributed by atoms with Crippen LogP contribution in [0.1, 0.15) is 0 Å². The van der Waals surface area contributed by atoms with Gasteiger partial charge in [-0.2, -0.15) is 0 Å². The molecule has 7 aromatic rings. The Morgan fingerprint density at radius 3 is 1.18 bits per heavy atom. The van der Waals surface area contributed by atoms with E-state index in [2.05, 4.69) is 42.5 Å². The molecular formula is C36H16B8. The molecule has 8 heteroatoms. The van der Waals surface area contributed by atoms with Crippen molar-refractivity contribution in [1.29, 1.82) is 0 Å². The van der Waals surface area contributed by atoms with E-state index in [-0.39, 0.29) is 43.7 Å². The van der Waals surface area contributed by atoms with Crippen molar-refractivity contribution in [2.24, 2.45) is 0 Å². The van der Waals surface area contributed by atoms with E-state index in [1.165, 1.54) is 0 Å². The van der Waals surface area contributed by atoms with Gasteiger partial charge in [0.05, 0.1) is 0 Å². The van der Waals surface area contributed by atoms with Crippen LogP contribution in [-0.2, 0) is 0 Å². The minimum atomic E-state index is 0.192. The first kappa shape index (κ1) is 28.6. The lowest BCUT2D eigenvalue weighted by Gasteiger charge is -2.28.